The lowest BCUT2D eigenvalue weighted by Gasteiger charge is -2.04. The highest BCUT2D eigenvalue weighted by atomic mass is 79.9. The van der Waals surface area contributed by atoms with Gasteiger partial charge in [-0.1, -0.05) is 5.16 Å². The number of halogens is 1. The zero-order chi connectivity index (χ0) is 9.80. The standard InChI is InChI=1S/C9H7BrN2O2/c10-9-8(2-1-3-11-9)13-5-7-4-12-14-6-7/h1-4,6H,5H2. The lowest BCUT2D eigenvalue weighted by atomic mass is 10.4. The minimum Gasteiger partial charge on any atom is -0.486 e. The first-order chi connectivity index (χ1) is 6.86. The third kappa shape index (κ3) is 2.11. The zero-order valence-electron chi connectivity index (χ0n) is 7.18. The van der Waals surface area contributed by atoms with E-state index < -0.39 is 0 Å². The second kappa shape index (κ2) is 4.23. The molecule has 0 bridgehead atoms. The summed E-state index contributed by atoms with van der Waals surface area (Å²) >= 11 is 3.29. The van der Waals surface area contributed by atoms with E-state index in [1.807, 2.05) is 12.1 Å². The van der Waals surface area contributed by atoms with Gasteiger partial charge in [-0.2, -0.15) is 0 Å². The van der Waals surface area contributed by atoms with Gasteiger partial charge in [-0.25, -0.2) is 4.98 Å². The summed E-state index contributed by atoms with van der Waals surface area (Å²) in [4.78, 5) is 4.03. The Morgan fingerprint density at radius 1 is 1.50 bits per heavy atom. The smallest absolute Gasteiger partial charge is 0.152 e. The van der Waals surface area contributed by atoms with Gasteiger partial charge in [-0.15, -0.1) is 0 Å². The van der Waals surface area contributed by atoms with E-state index >= 15 is 0 Å². The molecule has 2 heterocycles. The molecule has 0 amide bonds. The Hall–Kier alpha value is -1.36. The van der Waals surface area contributed by atoms with E-state index in [2.05, 4.69) is 30.6 Å². The van der Waals surface area contributed by atoms with Crippen molar-refractivity contribution in [2.75, 3.05) is 0 Å². The van der Waals surface area contributed by atoms with Crippen molar-refractivity contribution in [3.63, 3.8) is 0 Å². The van der Waals surface area contributed by atoms with Gasteiger partial charge in [0.25, 0.3) is 0 Å². The van der Waals surface area contributed by atoms with Crippen LogP contribution in [0.1, 0.15) is 5.56 Å². The van der Waals surface area contributed by atoms with Crippen molar-refractivity contribution in [3.8, 4) is 5.75 Å². The SMILES string of the molecule is Brc1ncccc1OCc1cnoc1. The summed E-state index contributed by atoms with van der Waals surface area (Å²) in [5.41, 5.74) is 0.890. The molecule has 0 fully saturated rings. The second-order valence-electron chi connectivity index (χ2n) is 2.61. The minimum atomic E-state index is 0.424. The van der Waals surface area contributed by atoms with E-state index in [0.29, 0.717) is 17.0 Å². The Balaban J connectivity index is 2.02. The summed E-state index contributed by atoms with van der Waals surface area (Å²) in [6, 6.07) is 3.65. The Bertz CT molecular complexity index is 403. The van der Waals surface area contributed by atoms with Crippen molar-refractivity contribution in [2.24, 2.45) is 0 Å². The predicted molar refractivity (Wildman–Crippen MR) is 52.8 cm³/mol. The summed E-state index contributed by atoms with van der Waals surface area (Å²) < 4.78 is 10.8. The quantitative estimate of drug-likeness (QED) is 0.790. The number of pyridine rings is 1. The molecule has 0 N–H and O–H groups in total. The van der Waals surface area contributed by atoms with Crippen LogP contribution in [0.15, 0.2) is 39.9 Å². The van der Waals surface area contributed by atoms with Gasteiger partial charge in [-0.05, 0) is 28.1 Å². The zero-order valence-corrected chi connectivity index (χ0v) is 8.77. The van der Waals surface area contributed by atoms with Crippen LogP contribution in [0.25, 0.3) is 0 Å². The third-order valence-corrected chi connectivity index (χ3v) is 2.20. The van der Waals surface area contributed by atoms with E-state index in [1.54, 1.807) is 18.7 Å². The number of nitrogens with zero attached hydrogens (tertiary/aromatic N) is 2. The first kappa shape index (κ1) is 9.21. The highest BCUT2D eigenvalue weighted by Gasteiger charge is 2.01. The number of aromatic nitrogens is 2. The average Bonchev–Trinajstić information content (AvgIpc) is 2.69. The molecule has 14 heavy (non-hydrogen) atoms. The molecule has 0 aliphatic heterocycles. The van der Waals surface area contributed by atoms with Crippen molar-refractivity contribution < 1.29 is 9.26 Å². The van der Waals surface area contributed by atoms with E-state index in [1.165, 1.54) is 0 Å². The Morgan fingerprint density at radius 2 is 2.43 bits per heavy atom. The molecule has 2 rings (SSSR count). The Morgan fingerprint density at radius 3 is 3.14 bits per heavy atom. The van der Waals surface area contributed by atoms with Crippen LogP contribution in [0.3, 0.4) is 0 Å². The molecule has 0 aliphatic rings. The number of hydrogen-bond donors (Lipinski definition) is 0. The van der Waals surface area contributed by atoms with Crippen molar-refractivity contribution in [3.05, 3.63) is 41.0 Å². The maximum atomic E-state index is 5.47. The van der Waals surface area contributed by atoms with Gasteiger partial charge in [0.1, 0.15) is 17.5 Å². The molecule has 2 aromatic heterocycles. The van der Waals surface area contributed by atoms with E-state index in [-0.39, 0.29) is 0 Å². The normalized spacial score (nSPS) is 10.1. The molecule has 0 radical (unpaired) electrons. The van der Waals surface area contributed by atoms with Crippen LogP contribution in [0, 0.1) is 0 Å². The molecule has 0 aromatic carbocycles. The third-order valence-electron chi connectivity index (χ3n) is 1.60. The largest absolute Gasteiger partial charge is 0.486 e. The number of rotatable bonds is 3. The van der Waals surface area contributed by atoms with Crippen LogP contribution in [0.5, 0.6) is 5.75 Å². The van der Waals surface area contributed by atoms with Crippen molar-refractivity contribution in [2.45, 2.75) is 6.61 Å². The lowest BCUT2D eigenvalue weighted by molar-refractivity contribution is 0.301. The molecule has 0 spiro atoms. The summed E-state index contributed by atoms with van der Waals surface area (Å²) in [5.74, 6) is 0.703. The van der Waals surface area contributed by atoms with Gasteiger partial charge in [-0.3, -0.25) is 0 Å². The molecule has 0 aliphatic carbocycles. The van der Waals surface area contributed by atoms with Gasteiger partial charge in [0.15, 0.2) is 5.75 Å². The van der Waals surface area contributed by atoms with E-state index in [4.69, 9.17) is 4.74 Å². The Labute approximate surface area is 89.0 Å². The van der Waals surface area contributed by atoms with E-state index in [9.17, 15) is 0 Å². The molecular formula is C9H7BrN2O2. The fourth-order valence-corrected chi connectivity index (χ4v) is 1.30. The highest BCUT2D eigenvalue weighted by molar-refractivity contribution is 9.10. The topological polar surface area (TPSA) is 48.2 Å². The molecule has 0 saturated carbocycles. The first-order valence-electron chi connectivity index (χ1n) is 3.98. The fraction of sp³-hybridized carbons (Fsp3) is 0.111. The molecule has 2 aromatic rings. The van der Waals surface area contributed by atoms with Crippen LogP contribution in [-0.2, 0) is 6.61 Å². The molecule has 4 nitrogen and oxygen atoms in total. The molecule has 0 saturated heterocycles. The van der Waals surface area contributed by atoms with Gasteiger partial charge in [0, 0.05) is 11.8 Å². The van der Waals surface area contributed by atoms with Crippen LogP contribution < -0.4 is 4.74 Å². The van der Waals surface area contributed by atoms with Crippen LogP contribution in [-0.4, -0.2) is 10.1 Å². The Kier molecular flexibility index (Phi) is 2.78. The van der Waals surface area contributed by atoms with Crippen LogP contribution >= 0.6 is 15.9 Å². The van der Waals surface area contributed by atoms with Crippen molar-refractivity contribution >= 4 is 15.9 Å². The lowest BCUT2D eigenvalue weighted by Crippen LogP contribution is -1.95. The average molecular weight is 255 g/mol. The van der Waals surface area contributed by atoms with Crippen molar-refractivity contribution in [1.29, 1.82) is 0 Å². The maximum absolute atomic E-state index is 5.47. The summed E-state index contributed by atoms with van der Waals surface area (Å²) in [6.45, 7) is 0.424. The molecule has 0 unspecified atom stereocenters. The molecule has 0 atom stereocenters. The number of ether oxygens (including phenoxy) is 1. The van der Waals surface area contributed by atoms with Crippen LogP contribution in [0.4, 0.5) is 0 Å². The molecular weight excluding hydrogens is 248 g/mol. The summed E-state index contributed by atoms with van der Waals surface area (Å²) in [7, 11) is 0. The van der Waals surface area contributed by atoms with E-state index in [0.717, 1.165) is 5.56 Å². The summed E-state index contributed by atoms with van der Waals surface area (Å²) in [6.07, 6.45) is 4.85. The monoisotopic (exact) mass is 254 g/mol. The van der Waals surface area contributed by atoms with Crippen LogP contribution in [0.2, 0.25) is 0 Å². The molecule has 5 heteroatoms. The second-order valence-corrected chi connectivity index (χ2v) is 3.36. The van der Waals surface area contributed by atoms with Gasteiger partial charge in [0.2, 0.25) is 0 Å². The predicted octanol–water partition coefficient (Wildman–Crippen LogP) is 2.41. The number of hydrogen-bond acceptors (Lipinski definition) is 4. The van der Waals surface area contributed by atoms with Crippen molar-refractivity contribution in [1.82, 2.24) is 10.1 Å². The van der Waals surface area contributed by atoms with Gasteiger partial charge >= 0.3 is 0 Å². The maximum Gasteiger partial charge on any atom is 0.152 e. The minimum absolute atomic E-state index is 0.424. The summed E-state index contributed by atoms with van der Waals surface area (Å²) in [5, 5.41) is 3.57. The highest BCUT2D eigenvalue weighted by Crippen LogP contribution is 2.21. The fourth-order valence-electron chi connectivity index (χ4n) is 0.938. The van der Waals surface area contributed by atoms with Gasteiger partial charge in [0.05, 0.1) is 6.20 Å². The van der Waals surface area contributed by atoms with Gasteiger partial charge < -0.3 is 9.26 Å². The first-order valence-corrected chi connectivity index (χ1v) is 4.77. The molecule has 72 valence electrons.